The Morgan fingerprint density at radius 3 is 2.58 bits per heavy atom. The van der Waals surface area contributed by atoms with Crippen molar-refractivity contribution < 1.29 is 22.7 Å². The first-order valence-corrected chi connectivity index (χ1v) is 8.25. The highest BCUT2D eigenvalue weighted by Gasteiger charge is 2.38. The molecule has 7 heteroatoms. The Kier molecular flexibility index (Phi) is 5.18. The number of nitrogens with two attached hydrogens (primary N) is 1. The van der Waals surface area contributed by atoms with E-state index in [4.69, 9.17) is 10.5 Å². The Labute approximate surface area is 149 Å². The molecule has 0 saturated heterocycles. The van der Waals surface area contributed by atoms with Crippen molar-refractivity contribution in [3.05, 3.63) is 65.2 Å². The van der Waals surface area contributed by atoms with Gasteiger partial charge in [0.15, 0.2) is 0 Å². The van der Waals surface area contributed by atoms with E-state index in [-0.39, 0.29) is 18.5 Å². The molecule has 2 atom stereocenters. The second kappa shape index (κ2) is 7.37. The van der Waals surface area contributed by atoms with Crippen molar-refractivity contribution in [2.75, 3.05) is 6.61 Å². The van der Waals surface area contributed by atoms with Crippen LogP contribution in [0.15, 0.2) is 48.5 Å². The van der Waals surface area contributed by atoms with Crippen molar-refractivity contribution in [2.24, 2.45) is 5.73 Å². The number of hydrogen-bond acceptors (Lipinski definition) is 3. The summed E-state index contributed by atoms with van der Waals surface area (Å²) in [5, 5.41) is 1.89. The van der Waals surface area contributed by atoms with Gasteiger partial charge in [0.2, 0.25) is 0 Å². The SMILES string of the molecule is NC1COc2ccc(CNC(=O)C(F)(F)F)cc2C1Cc1ccccc1. The lowest BCUT2D eigenvalue weighted by molar-refractivity contribution is -0.173. The van der Waals surface area contributed by atoms with Crippen LogP contribution in [0.5, 0.6) is 5.75 Å². The maximum absolute atomic E-state index is 12.3. The number of carbonyl (C=O) groups excluding carboxylic acids is 1. The highest BCUT2D eigenvalue weighted by Crippen LogP contribution is 2.36. The lowest BCUT2D eigenvalue weighted by atomic mass is 9.84. The van der Waals surface area contributed by atoms with Crippen LogP contribution in [0.25, 0.3) is 0 Å². The molecule has 3 rings (SSSR count). The zero-order valence-corrected chi connectivity index (χ0v) is 13.9. The number of carbonyl (C=O) groups is 1. The van der Waals surface area contributed by atoms with Crippen LogP contribution in [0, 0.1) is 0 Å². The van der Waals surface area contributed by atoms with E-state index in [0.717, 1.165) is 11.1 Å². The van der Waals surface area contributed by atoms with Gasteiger partial charge in [-0.25, -0.2) is 0 Å². The molecular weight excluding hydrogens is 345 g/mol. The number of nitrogens with one attached hydrogen (secondary N) is 1. The summed E-state index contributed by atoms with van der Waals surface area (Å²) in [5.41, 5.74) is 8.77. The van der Waals surface area contributed by atoms with Gasteiger partial charge in [0.1, 0.15) is 12.4 Å². The number of benzene rings is 2. The van der Waals surface area contributed by atoms with Crippen molar-refractivity contribution in [3.63, 3.8) is 0 Å². The molecule has 1 heterocycles. The van der Waals surface area contributed by atoms with Crippen LogP contribution in [-0.4, -0.2) is 24.7 Å². The minimum absolute atomic E-state index is 0.0144. The van der Waals surface area contributed by atoms with Crippen molar-refractivity contribution >= 4 is 5.91 Å². The number of ether oxygens (including phenoxy) is 1. The Balaban J connectivity index is 1.80. The van der Waals surface area contributed by atoms with Gasteiger partial charge in [0, 0.05) is 18.5 Å². The average Bonchev–Trinajstić information content (AvgIpc) is 2.62. The van der Waals surface area contributed by atoms with Gasteiger partial charge in [-0.3, -0.25) is 4.79 Å². The quantitative estimate of drug-likeness (QED) is 0.877. The summed E-state index contributed by atoms with van der Waals surface area (Å²) >= 11 is 0. The number of halogens is 3. The summed E-state index contributed by atoms with van der Waals surface area (Å²) in [5.74, 6) is -1.29. The first-order valence-electron chi connectivity index (χ1n) is 8.25. The van der Waals surface area contributed by atoms with Crippen LogP contribution < -0.4 is 15.8 Å². The van der Waals surface area contributed by atoms with Crippen LogP contribution in [0.3, 0.4) is 0 Å². The van der Waals surface area contributed by atoms with E-state index in [2.05, 4.69) is 0 Å². The molecule has 0 aliphatic carbocycles. The smallest absolute Gasteiger partial charge is 0.471 e. The van der Waals surface area contributed by atoms with Crippen molar-refractivity contribution in [1.29, 1.82) is 0 Å². The van der Waals surface area contributed by atoms with Crippen LogP contribution in [0.1, 0.15) is 22.6 Å². The Morgan fingerprint density at radius 2 is 1.88 bits per heavy atom. The molecule has 1 aliphatic rings. The molecule has 2 aromatic carbocycles. The first-order chi connectivity index (χ1) is 12.3. The molecule has 0 fully saturated rings. The lowest BCUT2D eigenvalue weighted by Gasteiger charge is -2.32. The molecule has 1 aliphatic heterocycles. The molecule has 3 N–H and O–H groups in total. The Hall–Kier alpha value is -2.54. The molecule has 2 aromatic rings. The van der Waals surface area contributed by atoms with E-state index >= 15 is 0 Å². The molecule has 138 valence electrons. The second-order valence-electron chi connectivity index (χ2n) is 6.32. The summed E-state index contributed by atoms with van der Waals surface area (Å²) in [7, 11) is 0. The number of rotatable bonds is 4. The molecule has 0 radical (unpaired) electrons. The first kappa shape index (κ1) is 18.3. The highest BCUT2D eigenvalue weighted by molar-refractivity contribution is 5.81. The van der Waals surface area contributed by atoms with Gasteiger partial charge >= 0.3 is 12.1 Å². The molecule has 2 unspecified atom stereocenters. The van der Waals surface area contributed by atoms with E-state index in [9.17, 15) is 18.0 Å². The van der Waals surface area contributed by atoms with Gasteiger partial charge in [0.25, 0.3) is 0 Å². The number of fused-ring (bicyclic) bond motifs is 1. The largest absolute Gasteiger partial charge is 0.492 e. The molecule has 0 bridgehead atoms. The predicted molar refractivity (Wildman–Crippen MR) is 90.7 cm³/mol. The number of hydrogen-bond donors (Lipinski definition) is 2. The van der Waals surface area contributed by atoms with Gasteiger partial charge in [-0.05, 0) is 35.2 Å². The summed E-state index contributed by atoms with van der Waals surface area (Å²) in [6.07, 6.45) is -4.19. The third kappa shape index (κ3) is 4.16. The molecule has 1 amide bonds. The fourth-order valence-electron chi connectivity index (χ4n) is 3.07. The third-order valence-corrected chi connectivity index (χ3v) is 4.43. The Bertz CT molecular complexity index is 778. The molecule has 4 nitrogen and oxygen atoms in total. The van der Waals surface area contributed by atoms with E-state index < -0.39 is 12.1 Å². The van der Waals surface area contributed by atoms with E-state index in [1.54, 1.807) is 18.2 Å². The van der Waals surface area contributed by atoms with Gasteiger partial charge in [-0.15, -0.1) is 0 Å². The summed E-state index contributed by atoms with van der Waals surface area (Å²) in [6, 6.07) is 14.8. The van der Waals surface area contributed by atoms with Crippen molar-refractivity contribution in [2.45, 2.75) is 31.1 Å². The van der Waals surface area contributed by atoms with Gasteiger partial charge in [-0.2, -0.15) is 13.2 Å². The summed E-state index contributed by atoms with van der Waals surface area (Å²) < 4.78 is 42.6. The van der Waals surface area contributed by atoms with Gasteiger partial charge in [-0.1, -0.05) is 36.4 Å². The molecule has 26 heavy (non-hydrogen) atoms. The monoisotopic (exact) mass is 364 g/mol. The van der Waals surface area contributed by atoms with Crippen LogP contribution in [0.2, 0.25) is 0 Å². The zero-order chi connectivity index (χ0) is 18.7. The normalized spacial score (nSPS) is 19.4. The molecule has 0 saturated carbocycles. The van der Waals surface area contributed by atoms with E-state index in [1.807, 2.05) is 35.6 Å². The van der Waals surface area contributed by atoms with Gasteiger partial charge in [0.05, 0.1) is 0 Å². The van der Waals surface area contributed by atoms with Crippen LogP contribution >= 0.6 is 0 Å². The number of alkyl halides is 3. The second-order valence-corrected chi connectivity index (χ2v) is 6.32. The fraction of sp³-hybridized carbons (Fsp3) is 0.316. The van der Waals surface area contributed by atoms with E-state index in [1.165, 1.54) is 0 Å². The topological polar surface area (TPSA) is 64.3 Å². The minimum Gasteiger partial charge on any atom is -0.492 e. The minimum atomic E-state index is -4.89. The summed E-state index contributed by atoms with van der Waals surface area (Å²) in [6.45, 7) is 0.174. The fourth-order valence-corrected chi connectivity index (χ4v) is 3.07. The molecular formula is C19H19F3N2O2. The molecule has 0 aromatic heterocycles. The standard InChI is InChI=1S/C19H19F3N2O2/c20-19(21,22)18(25)24-10-13-6-7-17-15(9-13)14(16(23)11-26-17)8-12-4-2-1-3-5-12/h1-7,9,14,16H,8,10-11,23H2,(H,24,25). The maximum Gasteiger partial charge on any atom is 0.471 e. The predicted octanol–water partition coefficient (Wildman–Crippen LogP) is 2.91. The van der Waals surface area contributed by atoms with Crippen molar-refractivity contribution in [1.82, 2.24) is 5.32 Å². The van der Waals surface area contributed by atoms with Gasteiger partial charge < -0.3 is 15.8 Å². The number of amides is 1. The van der Waals surface area contributed by atoms with Crippen molar-refractivity contribution in [3.8, 4) is 5.75 Å². The maximum atomic E-state index is 12.3. The summed E-state index contributed by atoms with van der Waals surface area (Å²) in [4.78, 5) is 11.0. The van der Waals surface area contributed by atoms with Crippen LogP contribution in [0.4, 0.5) is 13.2 Å². The van der Waals surface area contributed by atoms with E-state index in [0.29, 0.717) is 24.3 Å². The molecule has 0 spiro atoms. The average molecular weight is 364 g/mol. The highest BCUT2D eigenvalue weighted by atomic mass is 19.4. The Morgan fingerprint density at radius 1 is 1.15 bits per heavy atom. The lowest BCUT2D eigenvalue weighted by Crippen LogP contribution is -2.39. The zero-order valence-electron chi connectivity index (χ0n) is 13.9. The van der Waals surface area contributed by atoms with Crippen LogP contribution in [-0.2, 0) is 17.8 Å². The third-order valence-electron chi connectivity index (χ3n) is 4.43.